The minimum atomic E-state index is -0.415. The van der Waals surface area contributed by atoms with Crippen LogP contribution in [0.15, 0.2) is 48.5 Å². The van der Waals surface area contributed by atoms with Crippen LogP contribution in [0.1, 0.15) is 28.4 Å². The molecule has 0 saturated carbocycles. The van der Waals surface area contributed by atoms with Crippen molar-refractivity contribution in [1.29, 1.82) is 0 Å². The van der Waals surface area contributed by atoms with Crippen LogP contribution in [0.25, 0.3) is 11.3 Å². The standard InChI is InChI=1S/C19H17NO4/c1-3-24-19(22)13-9-10-14-15(11-13)20-18(21)16(14)17(23-2)12-7-5-4-6-8-12/h4-11H,3H2,1-2H3,(H,20,21). The lowest BCUT2D eigenvalue weighted by atomic mass is 10.0. The maximum atomic E-state index is 12.4. The number of ether oxygens (including phenoxy) is 2. The Bertz CT molecular complexity index is 825. The van der Waals surface area contributed by atoms with Gasteiger partial charge in [-0.3, -0.25) is 4.79 Å². The molecule has 1 aliphatic heterocycles. The third-order valence-electron chi connectivity index (χ3n) is 3.74. The van der Waals surface area contributed by atoms with E-state index >= 15 is 0 Å². The number of nitrogens with one attached hydrogen (secondary N) is 1. The maximum Gasteiger partial charge on any atom is 0.338 e. The summed E-state index contributed by atoms with van der Waals surface area (Å²) in [5.74, 6) is -0.176. The normalized spacial score (nSPS) is 14.7. The number of amides is 1. The van der Waals surface area contributed by atoms with Crippen molar-refractivity contribution in [2.75, 3.05) is 19.0 Å². The maximum absolute atomic E-state index is 12.4. The second kappa shape index (κ2) is 6.58. The predicted octanol–water partition coefficient (Wildman–Crippen LogP) is 3.33. The summed E-state index contributed by atoms with van der Waals surface area (Å²) in [6.45, 7) is 2.05. The summed E-state index contributed by atoms with van der Waals surface area (Å²) in [5, 5.41) is 2.78. The van der Waals surface area contributed by atoms with Gasteiger partial charge < -0.3 is 14.8 Å². The van der Waals surface area contributed by atoms with Gasteiger partial charge in [-0.05, 0) is 19.1 Å². The van der Waals surface area contributed by atoms with Gasteiger partial charge in [0.1, 0.15) is 5.76 Å². The molecule has 5 heteroatoms. The SMILES string of the molecule is CCOC(=O)c1ccc2c(c1)NC(=O)C2=C(OC)c1ccccc1. The first-order valence-electron chi connectivity index (χ1n) is 7.62. The largest absolute Gasteiger partial charge is 0.495 e. The zero-order chi connectivity index (χ0) is 17.1. The second-order valence-corrected chi connectivity index (χ2v) is 5.21. The van der Waals surface area contributed by atoms with Crippen LogP contribution in [0.5, 0.6) is 0 Å². The molecule has 0 aliphatic carbocycles. The number of anilines is 1. The van der Waals surface area contributed by atoms with E-state index in [1.807, 2.05) is 30.3 Å². The van der Waals surface area contributed by atoms with Crippen LogP contribution in [-0.2, 0) is 14.3 Å². The Morgan fingerprint density at radius 1 is 1.08 bits per heavy atom. The average molecular weight is 323 g/mol. The summed E-state index contributed by atoms with van der Waals surface area (Å²) in [6.07, 6.45) is 0. The Morgan fingerprint density at radius 3 is 2.50 bits per heavy atom. The molecule has 0 atom stereocenters. The van der Waals surface area contributed by atoms with Crippen molar-refractivity contribution in [3.8, 4) is 0 Å². The smallest absolute Gasteiger partial charge is 0.338 e. The van der Waals surface area contributed by atoms with Crippen LogP contribution in [-0.4, -0.2) is 25.6 Å². The molecule has 1 amide bonds. The van der Waals surface area contributed by atoms with Crippen molar-refractivity contribution < 1.29 is 19.1 Å². The van der Waals surface area contributed by atoms with Crippen LogP contribution in [0.3, 0.4) is 0 Å². The molecular weight excluding hydrogens is 306 g/mol. The van der Waals surface area contributed by atoms with Crippen molar-refractivity contribution in [3.63, 3.8) is 0 Å². The molecule has 0 spiro atoms. The highest BCUT2D eigenvalue weighted by Gasteiger charge is 2.29. The number of benzene rings is 2. The molecule has 0 saturated heterocycles. The van der Waals surface area contributed by atoms with Gasteiger partial charge in [-0.1, -0.05) is 36.4 Å². The predicted molar refractivity (Wildman–Crippen MR) is 91.3 cm³/mol. The van der Waals surface area contributed by atoms with E-state index in [1.165, 1.54) is 7.11 Å². The van der Waals surface area contributed by atoms with Gasteiger partial charge in [-0.25, -0.2) is 4.79 Å². The number of hydrogen-bond acceptors (Lipinski definition) is 4. The molecule has 5 nitrogen and oxygen atoms in total. The molecule has 1 N–H and O–H groups in total. The van der Waals surface area contributed by atoms with E-state index in [1.54, 1.807) is 25.1 Å². The van der Waals surface area contributed by atoms with E-state index < -0.39 is 5.97 Å². The molecule has 2 aromatic carbocycles. The topological polar surface area (TPSA) is 64.6 Å². The Labute approximate surface area is 139 Å². The van der Waals surface area contributed by atoms with Gasteiger partial charge in [-0.15, -0.1) is 0 Å². The fourth-order valence-corrected chi connectivity index (χ4v) is 2.69. The fourth-order valence-electron chi connectivity index (χ4n) is 2.69. The molecule has 1 heterocycles. The van der Waals surface area contributed by atoms with E-state index in [-0.39, 0.29) is 5.91 Å². The number of carbonyl (C=O) groups excluding carboxylic acids is 2. The van der Waals surface area contributed by atoms with Crippen molar-refractivity contribution in [1.82, 2.24) is 0 Å². The number of esters is 1. The first kappa shape index (κ1) is 15.8. The average Bonchev–Trinajstić information content (AvgIpc) is 2.92. The van der Waals surface area contributed by atoms with Crippen LogP contribution in [0.2, 0.25) is 0 Å². The Hall–Kier alpha value is -3.08. The number of methoxy groups -OCH3 is 1. The lowest BCUT2D eigenvalue weighted by molar-refractivity contribution is -0.110. The molecule has 0 aromatic heterocycles. The Kier molecular flexibility index (Phi) is 4.33. The van der Waals surface area contributed by atoms with Crippen LogP contribution >= 0.6 is 0 Å². The minimum Gasteiger partial charge on any atom is -0.495 e. The summed E-state index contributed by atoms with van der Waals surface area (Å²) in [6, 6.07) is 14.4. The van der Waals surface area contributed by atoms with Gasteiger partial charge >= 0.3 is 5.97 Å². The minimum absolute atomic E-state index is 0.258. The van der Waals surface area contributed by atoms with E-state index in [0.717, 1.165) is 5.56 Å². The fraction of sp³-hybridized carbons (Fsp3) is 0.158. The molecule has 0 unspecified atom stereocenters. The Balaban J connectivity index is 2.09. The summed E-state index contributed by atoms with van der Waals surface area (Å²) < 4.78 is 10.5. The first-order chi connectivity index (χ1) is 11.7. The second-order valence-electron chi connectivity index (χ2n) is 5.21. The van der Waals surface area contributed by atoms with Gasteiger partial charge in [0.25, 0.3) is 5.91 Å². The number of hydrogen-bond donors (Lipinski definition) is 1. The van der Waals surface area contributed by atoms with Gasteiger partial charge in [0.05, 0.1) is 30.5 Å². The van der Waals surface area contributed by atoms with Gasteiger partial charge in [-0.2, -0.15) is 0 Å². The number of fused-ring (bicyclic) bond motifs is 1. The molecule has 1 aliphatic rings. The molecule has 24 heavy (non-hydrogen) atoms. The van der Waals surface area contributed by atoms with Crippen molar-refractivity contribution in [3.05, 3.63) is 65.2 Å². The van der Waals surface area contributed by atoms with Crippen molar-refractivity contribution in [2.45, 2.75) is 6.92 Å². The van der Waals surface area contributed by atoms with Crippen molar-refractivity contribution in [2.24, 2.45) is 0 Å². The molecule has 3 rings (SSSR count). The molecule has 0 bridgehead atoms. The molecule has 122 valence electrons. The summed E-state index contributed by atoms with van der Waals surface area (Å²) >= 11 is 0. The van der Waals surface area contributed by atoms with Crippen molar-refractivity contribution >= 4 is 28.9 Å². The molecule has 0 fully saturated rings. The highest BCUT2D eigenvalue weighted by Crippen LogP contribution is 2.37. The summed E-state index contributed by atoms with van der Waals surface area (Å²) in [5.41, 5.74) is 2.94. The molecule has 2 aromatic rings. The third kappa shape index (κ3) is 2.76. The highest BCUT2D eigenvalue weighted by atomic mass is 16.5. The van der Waals surface area contributed by atoms with Crippen LogP contribution in [0, 0.1) is 0 Å². The molecular formula is C19H17NO4. The summed E-state index contributed by atoms with van der Waals surface area (Å²) in [4.78, 5) is 24.3. The number of carbonyl (C=O) groups is 2. The van der Waals surface area contributed by atoms with Gasteiger partial charge in [0, 0.05) is 11.1 Å². The van der Waals surface area contributed by atoms with Crippen LogP contribution < -0.4 is 5.32 Å². The quantitative estimate of drug-likeness (QED) is 0.532. The van der Waals surface area contributed by atoms with E-state index in [4.69, 9.17) is 9.47 Å². The highest BCUT2D eigenvalue weighted by molar-refractivity contribution is 6.36. The zero-order valence-corrected chi connectivity index (χ0v) is 13.5. The van der Waals surface area contributed by atoms with Gasteiger partial charge in [0.15, 0.2) is 0 Å². The van der Waals surface area contributed by atoms with Gasteiger partial charge in [0.2, 0.25) is 0 Å². The first-order valence-corrected chi connectivity index (χ1v) is 7.62. The Morgan fingerprint density at radius 2 is 1.83 bits per heavy atom. The van der Waals surface area contributed by atoms with Crippen LogP contribution in [0.4, 0.5) is 5.69 Å². The monoisotopic (exact) mass is 323 g/mol. The van der Waals surface area contributed by atoms with E-state index in [2.05, 4.69) is 5.32 Å². The number of rotatable bonds is 4. The lowest BCUT2D eigenvalue weighted by Crippen LogP contribution is -2.07. The summed E-state index contributed by atoms with van der Waals surface area (Å²) in [7, 11) is 1.54. The van der Waals surface area contributed by atoms with E-state index in [0.29, 0.717) is 34.8 Å². The van der Waals surface area contributed by atoms with E-state index in [9.17, 15) is 9.59 Å². The zero-order valence-electron chi connectivity index (χ0n) is 13.5. The lowest BCUT2D eigenvalue weighted by Gasteiger charge is -2.10. The third-order valence-corrected chi connectivity index (χ3v) is 3.74. The molecule has 0 radical (unpaired) electrons.